The molecule has 150 valence electrons. The number of nitrogens with zero attached hydrogens (tertiary/aromatic N) is 2. The second kappa shape index (κ2) is 10.9. The Morgan fingerprint density at radius 2 is 1.62 bits per heavy atom. The molecule has 3 rings (SSSR count). The minimum absolute atomic E-state index is 0.0973. The van der Waals surface area contributed by atoms with Crippen LogP contribution in [0.15, 0.2) is 73.3 Å². The van der Waals surface area contributed by atoms with E-state index in [0.717, 1.165) is 28.9 Å². The van der Waals surface area contributed by atoms with Gasteiger partial charge in [-0.1, -0.05) is 31.2 Å². The standard InChI is InChI=1S/C23H26N4O2/c1-2-13-29-21-9-7-20(8-10-21)22(26-16-18-5-3-11-24-14-18)23(28)27-17-19-6-4-12-25-15-19/h3-12,14-15,22,26H,2,13,16-17H2,1H3,(H,27,28). The van der Waals surface area contributed by atoms with E-state index < -0.39 is 6.04 Å². The first-order valence-electron chi connectivity index (χ1n) is 9.78. The molecule has 1 unspecified atom stereocenters. The zero-order chi connectivity index (χ0) is 20.3. The van der Waals surface area contributed by atoms with Crippen LogP contribution in [0.4, 0.5) is 0 Å². The molecule has 1 atom stereocenters. The maximum Gasteiger partial charge on any atom is 0.242 e. The normalized spacial score (nSPS) is 11.6. The highest BCUT2D eigenvalue weighted by Gasteiger charge is 2.20. The molecule has 29 heavy (non-hydrogen) atoms. The van der Waals surface area contributed by atoms with E-state index in [1.807, 2.05) is 48.5 Å². The summed E-state index contributed by atoms with van der Waals surface area (Å²) in [6, 6.07) is 14.8. The molecule has 0 fully saturated rings. The first kappa shape index (κ1) is 20.5. The maximum atomic E-state index is 13.0. The number of carbonyl (C=O) groups is 1. The van der Waals surface area contributed by atoms with E-state index in [1.54, 1.807) is 24.8 Å². The Morgan fingerprint density at radius 3 is 2.21 bits per heavy atom. The summed E-state index contributed by atoms with van der Waals surface area (Å²) in [4.78, 5) is 21.2. The van der Waals surface area contributed by atoms with E-state index in [1.165, 1.54) is 0 Å². The number of nitrogens with one attached hydrogen (secondary N) is 2. The molecule has 0 radical (unpaired) electrons. The fraction of sp³-hybridized carbons (Fsp3) is 0.261. The minimum Gasteiger partial charge on any atom is -0.494 e. The molecular weight excluding hydrogens is 364 g/mol. The summed E-state index contributed by atoms with van der Waals surface area (Å²) in [5.41, 5.74) is 2.84. The van der Waals surface area contributed by atoms with Gasteiger partial charge in [0.2, 0.25) is 5.91 Å². The molecule has 3 aromatic rings. The lowest BCUT2D eigenvalue weighted by Gasteiger charge is -2.19. The third-order valence-electron chi connectivity index (χ3n) is 4.37. The molecular formula is C23H26N4O2. The molecule has 0 aliphatic heterocycles. The van der Waals surface area contributed by atoms with Crippen molar-refractivity contribution in [2.75, 3.05) is 6.61 Å². The lowest BCUT2D eigenvalue weighted by molar-refractivity contribution is -0.123. The van der Waals surface area contributed by atoms with Crippen LogP contribution in [-0.4, -0.2) is 22.5 Å². The van der Waals surface area contributed by atoms with Crippen molar-refractivity contribution >= 4 is 5.91 Å². The van der Waals surface area contributed by atoms with Crippen molar-refractivity contribution < 1.29 is 9.53 Å². The van der Waals surface area contributed by atoms with Gasteiger partial charge in [0.05, 0.1) is 6.61 Å². The largest absolute Gasteiger partial charge is 0.494 e. The summed E-state index contributed by atoms with van der Waals surface area (Å²) in [6.07, 6.45) is 7.94. The van der Waals surface area contributed by atoms with Gasteiger partial charge in [-0.3, -0.25) is 20.1 Å². The van der Waals surface area contributed by atoms with Crippen LogP contribution in [0.5, 0.6) is 5.75 Å². The van der Waals surface area contributed by atoms with Crippen molar-refractivity contribution in [2.24, 2.45) is 0 Å². The first-order chi connectivity index (χ1) is 14.3. The van der Waals surface area contributed by atoms with Crippen molar-refractivity contribution in [1.29, 1.82) is 0 Å². The molecule has 2 aromatic heterocycles. The van der Waals surface area contributed by atoms with Gasteiger partial charge in [-0.2, -0.15) is 0 Å². The number of hydrogen-bond acceptors (Lipinski definition) is 5. The van der Waals surface area contributed by atoms with Gasteiger partial charge in [0.1, 0.15) is 11.8 Å². The molecule has 0 spiro atoms. The molecule has 2 N–H and O–H groups in total. The Morgan fingerprint density at radius 1 is 0.966 bits per heavy atom. The highest BCUT2D eigenvalue weighted by Crippen LogP contribution is 2.19. The van der Waals surface area contributed by atoms with Crippen LogP contribution in [-0.2, 0) is 17.9 Å². The van der Waals surface area contributed by atoms with Gasteiger partial charge in [-0.15, -0.1) is 0 Å². The summed E-state index contributed by atoms with van der Waals surface area (Å²) in [6.45, 7) is 3.70. The lowest BCUT2D eigenvalue weighted by Crippen LogP contribution is -2.37. The number of hydrogen-bond donors (Lipinski definition) is 2. The van der Waals surface area contributed by atoms with Crippen LogP contribution in [0.3, 0.4) is 0 Å². The van der Waals surface area contributed by atoms with Gasteiger partial charge >= 0.3 is 0 Å². The van der Waals surface area contributed by atoms with Gasteiger partial charge in [-0.25, -0.2) is 0 Å². The molecule has 0 aliphatic carbocycles. The molecule has 6 heteroatoms. The van der Waals surface area contributed by atoms with Crippen molar-refractivity contribution in [3.8, 4) is 5.75 Å². The Kier molecular flexibility index (Phi) is 7.72. The van der Waals surface area contributed by atoms with Crippen LogP contribution < -0.4 is 15.4 Å². The van der Waals surface area contributed by atoms with E-state index in [9.17, 15) is 4.79 Å². The van der Waals surface area contributed by atoms with Crippen LogP contribution >= 0.6 is 0 Å². The predicted molar refractivity (Wildman–Crippen MR) is 112 cm³/mol. The van der Waals surface area contributed by atoms with Crippen LogP contribution in [0.2, 0.25) is 0 Å². The first-order valence-corrected chi connectivity index (χ1v) is 9.78. The number of carbonyl (C=O) groups excluding carboxylic acids is 1. The Balaban J connectivity index is 1.70. The van der Waals surface area contributed by atoms with Gasteiger partial charge < -0.3 is 10.1 Å². The Hall–Kier alpha value is -3.25. The summed E-state index contributed by atoms with van der Waals surface area (Å²) in [5.74, 6) is 0.706. The van der Waals surface area contributed by atoms with Crippen LogP contribution in [0.1, 0.15) is 36.1 Å². The second-order valence-corrected chi connectivity index (χ2v) is 6.67. The van der Waals surface area contributed by atoms with Gasteiger partial charge in [0.15, 0.2) is 0 Å². The van der Waals surface area contributed by atoms with E-state index >= 15 is 0 Å². The summed E-state index contributed by atoms with van der Waals surface area (Å²) < 4.78 is 5.65. The monoisotopic (exact) mass is 390 g/mol. The summed E-state index contributed by atoms with van der Waals surface area (Å²) in [5, 5.41) is 6.34. The Bertz CT molecular complexity index is 870. The number of aromatic nitrogens is 2. The number of ether oxygens (including phenoxy) is 1. The van der Waals surface area contributed by atoms with E-state index in [-0.39, 0.29) is 5.91 Å². The topological polar surface area (TPSA) is 76.1 Å². The van der Waals surface area contributed by atoms with E-state index in [2.05, 4.69) is 27.5 Å². The maximum absolute atomic E-state index is 13.0. The van der Waals surface area contributed by atoms with E-state index in [4.69, 9.17) is 4.74 Å². The number of rotatable bonds is 10. The molecule has 0 bridgehead atoms. The number of amides is 1. The smallest absolute Gasteiger partial charge is 0.242 e. The quantitative estimate of drug-likeness (QED) is 0.555. The van der Waals surface area contributed by atoms with Crippen molar-refractivity contribution in [3.63, 3.8) is 0 Å². The highest BCUT2D eigenvalue weighted by atomic mass is 16.5. The molecule has 0 saturated carbocycles. The van der Waals surface area contributed by atoms with Crippen molar-refractivity contribution in [3.05, 3.63) is 90.0 Å². The molecule has 6 nitrogen and oxygen atoms in total. The second-order valence-electron chi connectivity index (χ2n) is 6.67. The fourth-order valence-corrected chi connectivity index (χ4v) is 2.85. The average Bonchev–Trinajstić information content (AvgIpc) is 2.78. The zero-order valence-corrected chi connectivity index (χ0v) is 16.5. The minimum atomic E-state index is -0.493. The third-order valence-corrected chi connectivity index (χ3v) is 4.37. The molecule has 0 aliphatic rings. The van der Waals surface area contributed by atoms with Crippen LogP contribution in [0.25, 0.3) is 0 Å². The summed E-state index contributed by atoms with van der Waals surface area (Å²) >= 11 is 0. The van der Waals surface area contributed by atoms with Gasteiger partial charge in [-0.05, 0) is 47.4 Å². The lowest BCUT2D eigenvalue weighted by atomic mass is 10.1. The van der Waals surface area contributed by atoms with Gasteiger partial charge in [0.25, 0.3) is 0 Å². The number of pyridine rings is 2. The van der Waals surface area contributed by atoms with Crippen molar-refractivity contribution in [2.45, 2.75) is 32.5 Å². The number of benzene rings is 1. The van der Waals surface area contributed by atoms with Gasteiger partial charge in [0, 0.05) is 37.9 Å². The van der Waals surface area contributed by atoms with Crippen molar-refractivity contribution in [1.82, 2.24) is 20.6 Å². The molecule has 2 heterocycles. The summed E-state index contributed by atoms with van der Waals surface area (Å²) in [7, 11) is 0. The molecule has 1 amide bonds. The third kappa shape index (κ3) is 6.40. The molecule has 0 saturated heterocycles. The SMILES string of the molecule is CCCOc1ccc(C(NCc2cccnc2)C(=O)NCc2cccnc2)cc1. The zero-order valence-electron chi connectivity index (χ0n) is 16.5. The van der Waals surface area contributed by atoms with E-state index in [0.29, 0.717) is 19.7 Å². The average molecular weight is 390 g/mol. The van der Waals surface area contributed by atoms with Crippen LogP contribution in [0, 0.1) is 0 Å². The molecule has 1 aromatic carbocycles. The Labute approximate surface area is 171 Å². The fourth-order valence-electron chi connectivity index (χ4n) is 2.85. The highest BCUT2D eigenvalue weighted by molar-refractivity contribution is 5.83. The predicted octanol–water partition coefficient (Wildman–Crippen LogP) is 3.41.